The summed E-state index contributed by atoms with van der Waals surface area (Å²) in [6, 6.07) is 0.382. The van der Waals surface area contributed by atoms with Gasteiger partial charge in [0.15, 0.2) is 0 Å². The molecule has 1 aromatic heterocycles. The van der Waals surface area contributed by atoms with Gasteiger partial charge in [0.1, 0.15) is 0 Å². The zero-order valence-corrected chi connectivity index (χ0v) is 12.0. The highest BCUT2D eigenvalue weighted by Gasteiger charge is 2.19. The molecule has 1 fully saturated rings. The Labute approximate surface area is 114 Å². The molecule has 0 aliphatic carbocycles. The van der Waals surface area contributed by atoms with E-state index in [1.54, 1.807) is 0 Å². The Kier molecular flexibility index (Phi) is 5.53. The summed E-state index contributed by atoms with van der Waals surface area (Å²) >= 11 is 2.08. The van der Waals surface area contributed by atoms with Gasteiger partial charge >= 0.3 is 0 Å². The third-order valence-electron chi connectivity index (χ3n) is 3.69. The van der Waals surface area contributed by atoms with E-state index in [1.807, 2.05) is 10.9 Å². The zero-order valence-electron chi connectivity index (χ0n) is 11.1. The van der Waals surface area contributed by atoms with E-state index in [0.717, 1.165) is 18.9 Å². The molecule has 0 saturated carbocycles. The first-order valence-electron chi connectivity index (χ1n) is 6.87. The molecule has 1 aliphatic heterocycles. The topological polar surface area (TPSA) is 55.9 Å². The van der Waals surface area contributed by atoms with Crippen LogP contribution in [-0.4, -0.2) is 27.3 Å². The van der Waals surface area contributed by atoms with Crippen LogP contribution in [0, 0.1) is 5.92 Å². The Morgan fingerprint density at radius 1 is 1.56 bits per heavy atom. The molecule has 102 valence electrons. The minimum Gasteiger partial charge on any atom is -0.273 e. The summed E-state index contributed by atoms with van der Waals surface area (Å²) in [6.45, 7) is 3.04. The summed E-state index contributed by atoms with van der Waals surface area (Å²) < 4.78 is 1.97. The third-order valence-corrected chi connectivity index (χ3v) is 4.74. The maximum Gasteiger partial charge on any atom is 0.0522 e. The summed E-state index contributed by atoms with van der Waals surface area (Å²) in [6.07, 6.45) is 8.95. The van der Waals surface area contributed by atoms with Crippen LogP contribution < -0.4 is 11.3 Å². The molecule has 2 heterocycles. The maximum atomic E-state index is 5.69. The molecule has 1 aliphatic rings. The lowest BCUT2D eigenvalue weighted by molar-refractivity contribution is 0.365. The van der Waals surface area contributed by atoms with Crippen LogP contribution in [-0.2, 0) is 13.0 Å². The number of thioether (sulfide) groups is 1. The number of nitrogens with two attached hydrogens (primary N) is 1. The second kappa shape index (κ2) is 7.16. The molecule has 3 N–H and O–H groups in total. The van der Waals surface area contributed by atoms with Gasteiger partial charge in [0, 0.05) is 18.8 Å². The molecule has 18 heavy (non-hydrogen) atoms. The lowest BCUT2D eigenvalue weighted by Crippen LogP contribution is -2.38. The number of hydrazine groups is 1. The van der Waals surface area contributed by atoms with E-state index in [4.69, 9.17) is 5.84 Å². The Balaban J connectivity index is 1.84. The number of aromatic nitrogens is 2. The number of aryl methyl sites for hydroxylation is 1. The van der Waals surface area contributed by atoms with E-state index in [-0.39, 0.29) is 0 Å². The monoisotopic (exact) mass is 268 g/mol. The van der Waals surface area contributed by atoms with Crippen molar-refractivity contribution in [1.82, 2.24) is 15.2 Å². The van der Waals surface area contributed by atoms with Crippen molar-refractivity contribution < 1.29 is 0 Å². The predicted molar refractivity (Wildman–Crippen MR) is 77.4 cm³/mol. The quantitative estimate of drug-likeness (QED) is 0.610. The van der Waals surface area contributed by atoms with E-state index in [1.165, 1.54) is 36.3 Å². The molecular formula is C13H24N4S. The van der Waals surface area contributed by atoms with Gasteiger partial charge in [0.2, 0.25) is 0 Å². The van der Waals surface area contributed by atoms with E-state index < -0.39 is 0 Å². The van der Waals surface area contributed by atoms with Crippen LogP contribution in [0.2, 0.25) is 0 Å². The molecule has 0 amide bonds. The standard InChI is InChI=1S/C13H24N4S/c1-2-17-10-12(9-15-17)8-13(16-14)7-11-3-5-18-6-4-11/h9-11,13,16H,2-8,14H2,1H3. The van der Waals surface area contributed by atoms with Gasteiger partial charge in [-0.3, -0.25) is 16.0 Å². The van der Waals surface area contributed by atoms with Gasteiger partial charge in [-0.1, -0.05) is 0 Å². The van der Waals surface area contributed by atoms with Crippen LogP contribution in [0.5, 0.6) is 0 Å². The second-order valence-electron chi connectivity index (χ2n) is 5.06. The molecule has 1 saturated heterocycles. The number of hydrogen-bond donors (Lipinski definition) is 2. The Bertz CT molecular complexity index is 347. The van der Waals surface area contributed by atoms with Gasteiger partial charge in [-0.2, -0.15) is 16.9 Å². The lowest BCUT2D eigenvalue weighted by Gasteiger charge is -2.25. The van der Waals surface area contributed by atoms with Gasteiger partial charge in [0.25, 0.3) is 0 Å². The third kappa shape index (κ3) is 4.00. The molecule has 0 bridgehead atoms. The van der Waals surface area contributed by atoms with Crippen molar-refractivity contribution >= 4 is 11.8 Å². The summed E-state index contributed by atoms with van der Waals surface area (Å²) in [5.41, 5.74) is 4.26. The molecule has 0 aromatic carbocycles. The van der Waals surface area contributed by atoms with Crippen LogP contribution in [0.3, 0.4) is 0 Å². The van der Waals surface area contributed by atoms with Gasteiger partial charge < -0.3 is 0 Å². The largest absolute Gasteiger partial charge is 0.273 e. The van der Waals surface area contributed by atoms with Crippen LogP contribution in [0.4, 0.5) is 0 Å². The molecule has 0 radical (unpaired) electrons. The van der Waals surface area contributed by atoms with Crippen LogP contribution in [0.1, 0.15) is 31.7 Å². The van der Waals surface area contributed by atoms with Crippen molar-refractivity contribution in [3.8, 4) is 0 Å². The van der Waals surface area contributed by atoms with Crippen molar-refractivity contribution in [3.05, 3.63) is 18.0 Å². The van der Waals surface area contributed by atoms with Crippen LogP contribution in [0.15, 0.2) is 12.4 Å². The fourth-order valence-electron chi connectivity index (χ4n) is 2.56. The fourth-order valence-corrected chi connectivity index (χ4v) is 3.77. The minimum atomic E-state index is 0.382. The molecule has 5 heteroatoms. The molecule has 1 aromatic rings. The Morgan fingerprint density at radius 3 is 2.94 bits per heavy atom. The average molecular weight is 268 g/mol. The Morgan fingerprint density at radius 2 is 2.33 bits per heavy atom. The van der Waals surface area contributed by atoms with Crippen molar-refractivity contribution in [2.75, 3.05) is 11.5 Å². The number of rotatable bonds is 6. The van der Waals surface area contributed by atoms with Crippen LogP contribution in [0.25, 0.3) is 0 Å². The van der Waals surface area contributed by atoms with E-state index in [0.29, 0.717) is 6.04 Å². The van der Waals surface area contributed by atoms with Gasteiger partial charge in [-0.25, -0.2) is 0 Å². The lowest BCUT2D eigenvalue weighted by atomic mass is 9.92. The van der Waals surface area contributed by atoms with Crippen molar-refractivity contribution in [3.63, 3.8) is 0 Å². The molecular weight excluding hydrogens is 244 g/mol. The molecule has 1 atom stereocenters. The first-order valence-corrected chi connectivity index (χ1v) is 8.02. The van der Waals surface area contributed by atoms with Gasteiger partial charge in [0.05, 0.1) is 6.20 Å². The number of nitrogens with one attached hydrogen (secondary N) is 1. The molecule has 4 nitrogen and oxygen atoms in total. The van der Waals surface area contributed by atoms with Crippen molar-refractivity contribution in [2.24, 2.45) is 11.8 Å². The highest BCUT2D eigenvalue weighted by Crippen LogP contribution is 2.26. The van der Waals surface area contributed by atoms with Crippen molar-refractivity contribution in [2.45, 2.75) is 45.2 Å². The average Bonchev–Trinajstić information content (AvgIpc) is 2.87. The summed E-state index contributed by atoms with van der Waals surface area (Å²) in [5.74, 6) is 9.17. The van der Waals surface area contributed by atoms with Crippen molar-refractivity contribution in [1.29, 1.82) is 0 Å². The SMILES string of the molecule is CCn1cc(CC(CC2CCSCC2)NN)cn1. The van der Waals surface area contributed by atoms with E-state index in [2.05, 4.69) is 35.4 Å². The second-order valence-corrected chi connectivity index (χ2v) is 6.29. The summed E-state index contributed by atoms with van der Waals surface area (Å²) in [5, 5.41) is 4.31. The first-order chi connectivity index (χ1) is 8.81. The smallest absolute Gasteiger partial charge is 0.0522 e. The van der Waals surface area contributed by atoms with Crippen LogP contribution >= 0.6 is 11.8 Å². The van der Waals surface area contributed by atoms with E-state index >= 15 is 0 Å². The molecule has 0 spiro atoms. The van der Waals surface area contributed by atoms with Gasteiger partial charge in [-0.05, 0) is 55.6 Å². The zero-order chi connectivity index (χ0) is 12.8. The number of hydrogen-bond acceptors (Lipinski definition) is 4. The summed E-state index contributed by atoms with van der Waals surface area (Å²) in [7, 11) is 0. The maximum absolute atomic E-state index is 5.69. The predicted octanol–water partition coefficient (Wildman–Crippen LogP) is 1.81. The minimum absolute atomic E-state index is 0.382. The molecule has 2 rings (SSSR count). The highest BCUT2D eigenvalue weighted by molar-refractivity contribution is 7.99. The normalized spacial score (nSPS) is 19.0. The fraction of sp³-hybridized carbons (Fsp3) is 0.769. The Hall–Kier alpha value is -0.520. The van der Waals surface area contributed by atoms with Gasteiger partial charge in [-0.15, -0.1) is 0 Å². The number of nitrogens with zero attached hydrogens (tertiary/aromatic N) is 2. The van der Waals surface area contributed by atoms with E-state index in [9.17, 15) is 0 Å². The first kappa shape index (κ1) is 13.9. The summed E-state index contributed by atoms with van der Waals surface area (Å²) in [4.78, 5) is 0. The molecule has 1 unspecified atom stereocenters. The highest BCUT2D eigenvalue weighted by atomic mass is 32.2.